The van der Waals surface area contributed by atoms with Gasteiger partial charge in [-0.2, -0.15) is 0 Å². The number of nitrogens with one attached hydrogen (secondary N) is 1. The third kappa shape index (κ3) is 3.88. The van der Waals surface area contributed by atoms with Crippen LogP contribution in [0.3, 0.4) is 0 Å². The monoisotopic (exact) mass is 423 g/mol. The molecule has 8 nitrogen and oxygen atoms in total. The van der Waals surface area contributed by atoms with Gasteiger partial charge >= 0.3 is 0 Å². The molecule has 0 aliphatic rings. The number of ether oxygens (including phenoxy) is 2. The molecule has 4 aromatic rings. The zero-order valence-electron chi connectivity index (χ0n) is 16.9. The number of thioether (sulfide) groups is 1. The zero-order valence-corrected chi connectivity index (χ0v) is 17.7. The second kappa shape index (κ2) is 8.58. The molecule has 1 N–H and O–H groups in total. The van der Waals surface area contributed by atoms with Crippen LogP contribution >= 0.6 is 11.8 Å². The van der Waals surface area contributed by atoms with Gasteiger partial charge < -0.3 is 19.0 Å². The summed E-state index contributed by atoms with van der Waals surface area (Å²) in [6.45, 7) is 2.72. The van der Waals surface area contributed by atoms with Gasteiger partial charge in [-0.1, -0.05) is 23.9 Å². The minimum absolute atomic E-state index is 0.141. The Bertz CT molecular complexity index is 1230. The van der Waals surface area contributed by atoms with E-state index < -0.39 is 0 Å². The van der Waals surface area contributed by atoms with Crippen molar-refractivity contribution in [3.05, 3.63) is 58.6 Å². The lowest BCUT2D eigenvalue weighted by molar-refractivity contribution is 0.394. The third-order valence-electron chi connectivity index (χ3n) is 4.64. The molecule has 0 radical (unpaired) electrons. The third-order valence-corrected chi connectivity index (χ3v) is 5.62. The molecule has 0 saturated heterocycles. The number of benzene rings is 2. The largest absolute Gasteiger partial charge is 0.497 e. The number of rotatable bonds is 7. The molecule has 4 rings (SSSR count). The number of para-hydroxylation sites is 1. The van der Waals surface area contributed by atoms with Crippen molar-refractivity contribution in [2.75, 3.05) is 14.2 Å². The van der Waals surface area contributed by atoms with Crippen LogP contribution in [0, 0.1) is 0 Å². The zero-order chi connectivity index (χ0) is 21.1. The Morgan fingerprint density at radius 1 is 1.07 bits per heavy atom. The van der Waals surface area contributed by atoms with Crippen LogP contribution in [0.4, 0.5) is 0 Å². The number of hydrogen-bond donors (Lipinski definition) is 1. The molecular formula is C21H21N5O3S. The number of aromatic nitrogens is 5. The molecule has 0 bridgehead atoms. The molecule has 0 atom stereocenters. The average molecular weight is 423 g/mol. The van der Waals surface area contributed by atoms with Crippen molar-refractivity contribution in [2.24, 2.45) is 0 Å². The molecule has 0 aliphatic heterocycles. The molecule has 2 aromatic carbocycles. The molecule has 30 heavy (non-hydrogen) atoms. The van der Waals surface area contributed by atoms with Gasteiger partial charge in [0.2, 0.25) is 0 Å². The number of H-pyrrole nitrogens is 1. The molecule has 0 aliphatic carbocycles. The van der Waals surface area contributed by atoms with Crippen LogP contribution in [-0.4, -0.2) is 39.0 Å². The van der Waals surface area contributed by atoms with Gasteiger partial charge in [0.25, 0.3) is 5.56 Å². The van der Waals surface area contributed by atoms with E-state index in [1.807, 2.05) is 47.9 Å². The second-order valence-electron chi connectivity index (χ2n) is 6.47. The van der Waals surface area contributed by atoms with Gasteiger partial charge in [0.15, 0.2) is 11.0 Å². The van der Waals surface area contributed by atoms with E-state index in [2.05, 4.69) is 20.2 Å². The second-order valence-corrected chi connectivity index (χ2v) is 7.41. The predicted molar refractivity (Wildman–Crippen MR) is 116 cm³/mol. The maximum atomic E-state index is 12.3. The highest BCUT2D eigenvalue weighted by Crippen LogP contribution is 2.31. The summed E-state index contributed by atoms with van der Waals surface area (Å²) >= 11 is 1.47. The van der Waals surface area contributed by atoms with E-state index in [-0.39, 0.29) is 5.56 Å². The van der Waals surface area contributed by atoms with Gasteiger partial charge in [0.1, 0.15) is 17.3 Å². The van der Waals surface area contributed by atoms with Gasteiger partial charge in [0, 0.05) is 18.2 Å². The fourth-order valence-corrected chi connectivity index (χ4v) is 4.04. The average Bonchev–Trinajstić information content (AvgIpc) is 3.20. The quantitative estimate of drug-likeness (QED) is 0.455. The van der Waals surface area contributed by atoms with Crippen molar-refractivity contribution in [3.63, 3.8) is 0 Å². The normalized spacial score (nSPS) is 11.0. The van der Waals surface area contributed by atoms with Crippen molar-refractivity contribution < 1.29 is 9.47 Å². The van der Waals surface area contributed by atoms with Gasteiger partial charge in [-0.05, 0) is 31.2 Å². The number of hydrogen-bond acceptors (Lipinski definition) is 7. The van der Waals surface area contributed by atoms with Crippen molar-refractivity contribution in [1.29, 1.82) is 0 Å². The Hall–Kier alpha value is -3.33. The van der Waals surface area contributed by atoms with Crippen LogP contribution in [0.2, 0.25) is 0 Å². The number of nitrogens with zero attached hydrogens (tertiary/aromatic N) is 4. The van der Waals surface area contributed by atoms with E-state index in [0.717, 1.165) is 16.5 Å². The summed E-state index contributed by atoms with van der Waals surface area (Å²) in [5.74, 6) is 3.15. The Balaban J connectivity index is 1.63. The summed E-state index contributed by atoms with van der Waals surface area (Å²) in [7, 11) is 3.23. The Kier molecular flexibility index (Phi) is 5.71. The fourth-order valence-electron chi connectivity index (χ4n) is 3.17. The molecule has 9 heteroatoms. The molecule has 0 amide bonds. The fraction of sp³-hybridized carbons (Fsp3) is 0.238. The van der Waals surface area contributed by atoms with Crippen LogP contribution in [0.1, 0.15) is 12.7 Å². The lowest BCUT2D eigenvalue weighted by Gasteiger charge is -2.10. The topological polar surface area (TPSA) is 94.9 Å². The molecule has 2 aromatic heterocycles. The van der Waals surface area contributed by atoms with E-state index in [4.69, 9.17) is 9.47 Å². The minimum Gasteiger partial charge on any atom is -0.497 e. The van der Waals surface area contributed by atoms with Gasteiger partial charge in [0.05, 0.1) is 30.9 Å². The first-order valence-electron chi connectivity index (χ1n) is 9.40. The molecule has 154 valence electrons. The lowest BCUT2D eigenvalue weighted by atomic mass is 10.2. The van der Waals surface area contributed by atoms with Gasteiger partial charge in [-0.15, -0.1) is 10.2 Å². The number of methoxy groups -OCH3 is 2. The van der Waals surface area contributed by atoms with Crippen molar-refractivity contribution in [2.45, 2.75) is 24.4 Å². The Labute approximate surface area is 177 Å². The molecule has 0 unspecified atom stereocenters. The summed E-state index contributed by atoms with van der Waals surface area (Å²) in [6.07, 6.45) is 0. The maximum absolute atomic E-state index is 12.3. The number of aromatic amines is 1. The summed E-state index contributed by atoms with van der Waals surface area (Å²) < 4.78 is 12.7. The molecule has 0 spiro atoms. The smallest absolute Gasteiger partial charge is 0.258 e. The van der Waals surface area contributed by atoms with Gasteiger partial charge in [-0.3, -0.25) is 4.79 Å². The lowest BCUT2D eigenvalue weighted by Crippen LogP contribution is -2.11. The van der Waals surface area contributed by atoms with Crippen molar-refractivity contribution >= 4 is 22.7 Å². The molecule has 2 heterocycles. The van der Waals surface area contributed by atoms with E-state index >= 15 is 0 Å². The molecule has 0 saturated carbocycles. The highest BCUT2D eigenvalue weighted by molar-refractivity contribution is 7.98. The Morgan fingerprint density at radius 3 is 2.50 bits per heavy atom. The highest BCUT2D eigenvalue weighted by atomic mass is 32.2. The first-order chi connectivity index (χ1) is 14.6. The van der Waals surface area contributed by atoms with E-state index in [0.29, 0.717) is 40.5 Å². The van der Waals surface area contributed by atoms with Crippen LogP contribution in [0.5, 0.6) is 11.5 Å². The molecule has 0 fully saturated rings. The highest BCUT2D eigenvalue weighted by Gasteiger charge is 2.16. The van der Waals surface area contributed by atoms with Crippen LogP contribution < -0.4 is 15.0 Å². The van der Waals surface area contributed by atoms with Crippen LogP contribution in [-0.2, 0) is 12.3 Å². The Morgan fingerprint density at radius 2 is 1.80 bits per heavy atom. The van der Waals surface area contributed by atoms with E-state index in [1.165, 1.54) is 11.8 Å². The summed E-state index contributed by atoms with van der Waals surface area (Å²) in [5, 5.41) is 10.0. The van der Waals surface area contributed by atoms with Crippen molar-refractivity contribution in [1.82, 2.24) is 24.7 Å². The van der Waals surface area contributed by atoms with Crippen LogP contribution in [0.25, 0.3) is 22.3 Å². The van der Waals surface area contributed by atoms with E-state index in [1.54, 1.807) is 20.3 Å². The number of fused-ring (bicyclic) bond motifs is 1. The summed E-state index contributed by atoms with van der Waals surface area (Å²) in [6, 6.07) is 12.9. The van der Waals surface area contributed by atoms with Gasteiger partial charge in [-0.25, -0.2) is 4.98 Å². The summed E-state index contributed by atoms with van der Waals surface area (Å²) in [4.78, 5) is 19.7. The predicted octanol–water partition coefficient (Wildman–Crippen LogP) is 3.51. The van der Waals surface area contributed by atoms with Crippen molar-refractivity contribution in [3.8, 4) is 22.9 Å². The standard InChI is InChI=1S/C21H21N5O3S/c1-4-26-19(13-9-14(28-2)11-15(10-13)29-3)24-25-21(26)30-12-18-22-17-8-6-5-7-16(17)20(27)23-18/h5-11H,4,12H2,1-3H3,(H,22,23,27). The van der Waals surface area contributed by atoms with E-state index in [9.17, 15) is 4.79 Å². The first kappa shape index (κ1) is 20.0. The molecular weight excluding hydrogens is 402 g/mol. The first-order valence-corrected chi connectivity index (χ1v) is 10.4. The summed E-state index contributed by atoms with van der Waals surface area (Å²) in [5.41, 5.74) is 1.39. The van der Waals surface area contributed by atoms with Crippen LogP contribution in [0.15, 0.2) is 52.4 Å². The SMILES string of the molecule is CCn1c(SCc2nc3ccccc3c(=O)[nH]2)nnc1-c1cc(OC)cc(OC)c1. The minimum atomic E-state index is -0.141. The maximum Gasteiger partial charge on any atom is 0.258 e.